The Morgan fingerprint density at radius 2 is 1.83 bits per heavy atom. The summed E-state index contributed by atoms with van der Waals surface area (Å²) in [4.78, 5) is 18.0. The molecule has 0 spiro atoms. The van der Waals surface area contributed by atoms with Gasteiger partial charge in [0.15, 0.2) is 16.4 Å². The van der Waals surface area contributed by atoms with Gasteiger partial charge in [-0.2, -0.15) is 0 Å². The molecule has 0 N–H and O–H groups in total. The predicted octanol–water partition coefficient (Wildman–Crippen LogP) is 5.73. The molecule has 0 aliphatic carbocycles. The lowest BCUT2D eigenvalue weighted by molar-refractivity contribution is -0.157. The molecule has 0 saturated carbocycles. The van der Waals surface area contributed by atoms with Crippen molar-refractivity contribution in [3.63, 3.8) is 0 Å². The van der Waals surface area contributed by atoms with Crippen LogP contribution in [0.4, 0.5) is 0 Å². The first-order valence-corrected chi connectivity index (χ1v) is 14.1. The van der Waals surface area contributed by atoms with Crippen LogP contribution in [0.2, 0.25) is 0 Å². The van der Waals surface area contributed by atoms with E-state index in [0.717, 1.165) is 21.1 Å². The minimum absolute atomic E-state index is 0.0855. The summed E-state index contributed by atoms with van der Waals surface area (Å²) in [5.74, 6) is 6.21. The van der Waals surface area contributed by atoms with E-state index in [2.05, 4.69) is 16.8 Å². The van der Waals surface area contributed by atoms with Crippen molar-refractivity contribution in [3.05, 3.63) is 64.3 Å². The molecule has 0 atom stereocenters. The van der Waals surface area contributed by atoms with E-state index in [0.29, 0.717) is 23.3 Å². The molecule has 8 heteroatoms. The third kappa shape index (κ3) is 7.42. The maximum atomic E-state index is 12.5. The van der Waals surface area contributed by atoms with Crippen molar-refractivity contribution in [2.24, 2.45) is 0 Å². The number of aromatic nitrogens is 1. The van der Waals surface area contributed by atoms with Crippen LogP contribution in [0, 0.1) is 25.7 Å². The van der Waals surface area contributed by atoms with Gasteiger partial charge in [-0.05, 0) is 83.0 Å². The van der Waals surface area contributed by atoms with Gasteiger partial charge in [0.05, 0.1) is 31.8 Å². The number of hydrogen-bond donors (Lipinski definition) is 0. The van der Waals surface area contributed by atoms with Gasteiger partial charge in [0.1, 0.15) is 11.4 Å². The van der Waals surface area contributed by atoms with E-state index in [1.165, 1.54) is 0 Å². The number of carbonyl (C=O) groups is 1. The van der Waals surface area contributed by atoms with Crippen LogP contribution >= 0.6 is 11.3 Å². The molecule has 3 aromatic rings. The Balaban J connectivity index is 1.98. The van der Waals surface area contributed by atoms with Crippen molar-refractivity contribution in [2.75, 3.05) is 12.4 Å². The molecule has 0 radical (unpaired) electrons. The van der Waals surface area contributed by atoms with E-state index >= 15 is 0 Å². The quantitative estimate of drug-likeness (QED) is 0.289. The molecule has 1 aromatic heterocycles. The Kier molecular flexibility index (Phi) is 8.59. The van der Waals surface area contributed by atoms with E-state index < -0.39 is 21.4 Å². The topological polar surface area (TPSA) is 82.6 Å². The molecule has 0 amide bonds. The number of aryl methyl sites for hydroxylation is 2. The third-order valence-electron chi connectivity index (χ3n) is 4.92. The van der Waals surface area contributed by atoms with Gasteiger partial charge in [-0.3, -0.25) is 0 Å². The highest BCUT2D eigenvalue weighted by Crippen LogP contribution is 2.33. The van der Waals surface area contributed by atoms with E-state index in [1.807, 2.05) is 32.9 Å². The second-order valence-corrected chi connectivity index (χ2v) is 12.6. The summed E-state index contributed by atoms with van der Waals surface area (Å²) in [6.07, 6.45) is 0.542. The lowest BCUT2D eigenvalue weighted by atomic mass is 10.1. The lowest BCUT2D eigenvalue weighted by Gasteiger charge is -2.19. The Hall–Kier alpha value is -3.15. The fourth-order valence-electron chi connectivity index (χ4n) is 3.49. The van der Waals surface area contributed by atoms with Gasteiger partial charge < -0.3 is 9.47 Å². The molecule has 1 heterocycles. The Labute approximate surface area is 217 Å². The maximum Gasteiger partial charge on any atom is 0.344 e. The average molecular weight is 526 g/mol. The Morgan fingerprint density at radius 3 is 2.47 bits per heavy atom. The average Bonchev–Trinajstić information content (AvgIpc) is 3.13. The summed E-state index contributed by atoms with van der Waals surface area (Å²) in [6.45, 7) is 10.9. The number of benzene rings is 2. The molecule has 0 aliphatic rings. The summed E-state index contributed by atoms with van der Waals surface area (Å²) in [5.41, 5.74) is 2.39. The number of sulfone groups is 1. The molecular weight excluding hydrogens is 494 g/mol. The van der Waals surface area contributed by atoms with Crippen molar-refractivity contribution >= 4 is 27.1 Å². The standard InChI is InChI=1S/C28H31NO5S2/c1-7-15-36(31,32)24-10-8-9-21(16-24)11-12-22-17-23(27-19(2)29-20(3)35-27)13-14-25(22)33-18-26(30)34-28(4,5)6/h8-10,13-14,16-17H,7,15,18H2,1-6H3. The van der Waals surface area contributed by atoms with Gasteiger partial charge in [0, 0.05) is 5.56 Å². The summed E-state index contributed by atoms with van der Waals surface area (Å²) >= 11 is 1.59. The second kappa shape index (κ2) is 11.3. The maximum absolute atomic E-state index is 12.5. The summed E-state index contributed by atoms with van der Waals surface area (Å²) in [7, 11) is -3.35. The normalized spacial score (nSPS) is 11.5. The summed E-state index contributed by atoms with van der Waals surface area (Å²) in [5, 5.41) is 0.963. The van der Waals surface area contributed by atoms with Crippen molar-refractivity contribution in [1.82, 2.24) is 4.98 Å². The Morgan fingerprint density at radius 1 is 1.08 bits per heavy atom. The van der Waals surface area contributed by atoms with Gasteiger partial charge in [-0.25, -0.2) is 18.2 Å². The number of thiazole rings is 1. The molecule has 36 heavy (non-hydrogen) atoms. The van der Waals surface area contributed by atoms with Gasteiger partial charge in [-0.15, -0.1) is 11.3 Å². The molecule has 6 nitrogen and oxygen atoms in total. The minimum atomic E-state index is -3.35. The number of nitrogens with zero attached hydrogens (tertiary/aromatic N) is 1. The third-order valence-corrected chi connectivity index (χ3v) is 7.96. The van der Waals surface area contributed by atoms with Gasteiger partial charge in [0.2, 0.25) is 0 Å². The van der Waals surface area contributed by atoms with Crippen molar-refractivity contribution in [1.29, 1.82) is 0 Å². The molecule has 0 aliphatic heterocycles. The first-order chi connectivity index (χ1) is 16.9. The molecule has 0 saturated heterocycles. The smallest absolute Gasteiger partial charge is 0.344 e. The summed E-state index contributed by atoms with van der Waals surface area (Å²) < 4.78 is 36.1. The highest BCUT2D eigenvalue weighted by Gasteiger charge is 2.18. The van der Waals surface area contributed by atoms with Crippen LogP contribution in [0.1, 0.15) is 55.9 Å². The minimum Gasteiger partial charge on any atom is -0.481 e. The van der Waals surface area contributed by atoms with Crippen LogP contribution in [-0.2, 0) is 19.4 Å². The monoisotopic (exact) mass is 525 g/mol. The van der Waals surface area contributed by atoms with E-state index in [9.17, 15) is 13.2 Å². The first kappa shape index (κ1) is 27.4. The van der Waals surface area contributed by atoms with Crippen LogP contribution in [0.15, 0.2) is 47.4 Å². The molecule has 190 valence electrons. The van der Waals surface area contributed by atoms with E-state index in [4.69, 9.17) is 9.47 Å². The fraction of sp³-hybridized carbons (Fsp3) is 0.357. The highest BCUT2D eigenvalue weighted by molar-refractivity contribution is 7.91. The van der Waals surface area contributed by atoms with E-state index in [1.54, 1.807) is 62.4 Å². The van der Waals surface area contributed by atoms with Crippen molar-refractivity contribution < 1.29 is 22.7 Å². The van der Waals surface area contributed by atoms with Crippen molar-refractivity contribution in [3.8, 4) is 28.0 Å². The molecule has 3 rings (SSSR count). The van der Waals surface area contributed by atoms with Crippen LogP contribution in [-0.4, -0.2) is 37.3 Å². The van der Waals surface area contributed by atoms with Gasteiger partial charge in [-0.1, -0.05) is 24.8 Å². The van der Waals surface area contributed by atoms with Crippen LogP contribution in [0.25, 0.3) is 10.4 Å². The Bertz CT molecular complexity index is 1420. The first-order valence-electron chi connectivity index (χ1n) is 11.7. The predicted molar refractivity (Wildman–Crippen MR) is 143 cm³/mol. The van der Waals surface area contributed by atoms with Crippen LogP contribution in [0.3, 0.4) is 0 Å². The molecule has 0 bridgehead atoms. The van der Waals surface area contributed by atoms with Crippen LogP contribution < -0.4 is 4.74 Å². The highest BCUT2D eigenvalue weighted by atomic mass is 32.2. The van der Waals surface area contributed by atoms with E-state index in [-0.39, 0.29) is 17.3 Å². The van der Waals surface area contributed by atoms with Gasteiger partial charge >= 0.3 is 5.97 Å². The molecular formula is C28H31NO5S2. The summed E-state index contributed by atoms with van der Waals surface area (Å²) in [6, 6.07) is 12.2. The number of carbonyl (C=O) groups excluding carboxylic acids is 1. The number of rotatable bonds is 7. The SMILES string of the molecule is CCCS(=O)(=O)c1cccc(C#Cc2cc(-c3sc(C)nc3C)ccc2OCC(=O)OC(C)(C)C)c1. The zero-order valence-electron chi connectivity index (χ0n) is 21.5. The largest absolute Gasteiger partial charge is 0.481 e. The fourth-order valence-corrected chi connectivity index (χ4v) is 5.78. The van der Waals surface area contributed by atoms with Gasteiger partial charge in [0.25, 0.3) is 0 Å². The zero-order chi connectivity index (χ0) is 26.5. The molecule has 0 unspecified atom stereocenters. The zero-order valence-corrected chi connectivity index (χ0v) is 23.1. The van der Waals surface area contributed by atoms with Crippen LogP contribution in [0.5, 0.6) is 5.75 Å². The number of esters is 1. The number of ether oxygens (including phenoxy) is 2. The lowest BCUT2D eigenvalue weighted by Crippen LogP contribution is -2.27. The second-order valence-electron chi connectivity index (χ2n) is 9.33. The number of hydrogen-bond acceptors (Lipinski definition) is 7. The molecule has 2 aromatic carbocycles. The van der Waals surface area contributed by atoms with Crippen molar-refractivity contribution in [2.45, 2.75) is 58.5 Å². The molecule has 0 fully saturated rings.